The van der Waals surface area contributed by atoms with Crippen molar-refractivity contribution in [1.29, 1.82) is 5.26 Å². The van der Waals surface area contributed by atoms with Crippen LogP contribution in [-0.4, -0.2) is 21.9 Å². The van der Waals surface area contributed by atoms with Crippen LogP contribution in [0.25, 0.3) is 0 Å². The molecule has 0 spiro atoms. The van der Waals surface area contributed by atoms with Crippen molar-refractivity contribution in [1.82, 2.24) is 15.3 Å². The minimum atomic E-state index is -1.12. The van der Waals surface area contributed by atoms with E-state index in [0.29, 0.717) is 4.88 Å². The van der Waals surface area contributed by atoms with Gasteiger partial charge >= 0.3 is 0 Å². The van der Waals surface area contributed by atoms with Crippen molar-refractivity contribution in [3.05, 3.63) is 34.6 Å². The number of carbonyl (C=O) groups excluding carboxylic acids is 1. The van der Waals surface area contributed by atoms with E-state index in [1.807, 2.05) is 0 Å². The van der Waals surface area contributed by atoms with Crippen molar-refractivity contribution in [2.24, 2.45) is 0 Å². The number of pyridine rings is 1. The van der Waals surface area contributed by atoms with Gasteiger partial charge in [-0.25, -0.2) is 9.88 Å². The van der Waals surface area contributed by atoms with Crippen molar-refractivity contribution in [2.75, 3.05) is 4.90 Å². The number of anilines is 2. The Kier molecular flexibility index (Phi) is 4.40. The molecular formula is C15H13F2N5OS. The average molecular weight is 349 g/mol. The van der Waals surface area contributed by atoms with Crippen LogP contribution in [0.2, 0.25) is 0 Å². The highest BCUT2D eigenvalue weighted by molar-refractivity contribution is 7.16. The number of aromatic nitrogens is 2. The maximum atomic E-state index is 13.8. The van der Waals surface area contributed by atoms with E-state index in [1.54, 1.807) is 13.1 Å². The Labute approximate surface area is 140 Å². The van der Waals surface area contributed by atoms with Crippen LogP contribution in [0.3, 0.4) is 0 Å². The molecular weight excluding hydrogens is 336 g/mol. The molecule has 124 valence electrons. The molecule has 1 fully saturated rings. The Balaban J connectivity index is 1.89. The summed E-state index contributed by atoms with van der Waals surface area (Å²) < 4.78 is 26.8. The van der Waals surface area contributed by atoms with Gasteiger partial charge in [-0.15, -0.1) is 11.3 Å². The van der Waals surface area contributed by atoms with Crippen LogP contribution in [0.4, 0.5) is 19.6 Å². The van der Waals surface area contributed by atoms with Crippen molar-refractivity contribution in [2.45, 2.75) is 32.2 Å². The average Bonchev–Trinajstić information content (AvgIpc) is 2.87. The summed E-state index contributed by atoms with van der Waals surface area (Å²) in [6.45, 7) is 1.70. The molecule has 0 aliphatic heterocycles. The Bertz CT molecular complexity index is 828. The lowest BCUT2D eigenvalue weighted by atomic mass is 9.93. The van der Waals surface area contributed by atoms with Gasteiger partial charge in [0.2, 0.25) is 17.0 Å². The zero-order valence-corrected chi connectivity index (χ0v) is 13.5. The van der Waals surface area contributed by atoms with E-state index < -0.39 is 11.9 Å². The third kappa shape index (κ3) is 3.05. The molecule has 2 heterocycles. The number of halogens is 2. The fraction of sp³-hybridized carbons (Fsp3) is 0.333. The standard InChI is InChI=1S/C15H13F2N5OS/c1-8-12(14(23)19-9-3-2-4-9)21-15(24-8)22(7-18)10-5-6-11(16)20-13(10)17/h5-6,9H,2-4H2,1H3,(H,19,23). The number of thiazole rings is 1. The van der Waals surface area contributed by atoms with Gasteiger partial charge in [0.15, 0.2) is 6.19 Å². The zero-order chi connectivity index (χ0) is 17.3. The van der Waals surface area contributed by atoms with Gasteiger partial charge in [-0.05, 0) is 38.3 Å². The van der Waals surface area contributed by atoms with Crippen molar-refractivity contribution >= 4 is 28.1 Å². The molecule has 0 aromatic carbocycles. The summed E-state index contributed by atoms with van der Waals surface area (Å²) in [5.74, 6) is -2.41. The van der Waals surface area contributed by atoms with Crippen LogP contribution in [0.15, 0.2) is 12.1 Å². The van der Waals surface area contributed by atoms with E-state index >= 15 is 0 Å². The summed E-state index contributed by atoms with van der Waals surface area (Å²) in [4.78, 5) is 20.9. The summed E-state index contributed by atoms with van der Waals surface area (Å²) in [6.07, 6.45) is 4.76. The maximum Gasteiger partial charge on any atom is 0.271 e. The summed E-state index contributed by atoms with van der Waals surface area (Å²) in [6, 6.07) is 2.21. The number of hydrogen-bond donors (Lipinski definition) is 1. The Hall–Kier alpha value is -2.60. The minimum Gasteiger partial charge on any atom is -0.348 e. The van der Waals surface area contributed by atoms with Gasteiger partial charge in [0.05, 0.1) is 0 Å². The highest BCUT2D eigenvalue weighted by Gasteiger charge is 2.25. The second kappa shape index (κ2) is 6.49. The number of carbonyl (C=O) groups is 1. The molecule has 1 saturated carbocycles. The molecule has 0 unspecified atom stereocenters. The van der Waals surface area contributed by atoms with Crippen molar-refractivity contribution in [3.8, 4) is 6.19 Å². The number of rotatable bonds is 4. The largest absolute Gasteiger partial charge is 0.348 e. The molecule has 6 nitrogen and oxygen atoms in total. The second-order valence-corrected chi connectivity index (χ2v) is 6.56. The number of nitrogens with zero attached hydrogens (tertiary/aromatic N) is 4. The normalized spacial score (nSPS) is 13.9. The number of hydrogen-bond acceptors (Lipinski definition) is 6. The zero-order valence-electron chi connectivity index (χ0n) is 12.7. The van der Waals surface area contributed by atoms with E-state index in [0.717, 1.165) is 47.6 Å². The van der Waals surface area contributed by atoms with Crippen LogP contribution in [0.1, 0.15) is 34.6 Å². The first-order valence-corrected chi connectivity index (χ1v) is 8.11. The van der Waals surface area contributed by atoms with E-state index in [9.17, 15) is 18.8 Å². The first kappa shape index (κ1) is 16.3. The third-order valence-electron chi connectivity index (χ3n) is 3.77. The van der Waals surface area contributed by atoms with Gasteiger partial charge < -0.3 is 5.32 Å². The SMILES string of the molecule is Cc1sc(N(C#N)c2ccc(F)nc2F)nc1C(=O)NC1CCC1. The molecule has 1 amide bonds. The highest BCUT2D eigenvalue weighted by Crippen LogP contribution is 2.32. The fourth-order valence-corrected chi connectivity index (χ4v) is 3.14. The second-order valence-electron chi connectivity index (χ2n) is 5.38. The molecule has 9 heteroatoms. The number of aryl methyl sites for hydroxylation is 1. The van der Waals surface area contributed by atoms with Gasteiger partial charge in [0.25, 0.3) is 5.91 Å². The van der Waals surface area contributed by atoms with Crippen LogP contribution >= 0.6 is 11.3 Å². The lowest BCUT2D eigenvalue weighted by Crippen LogP contribution is -2.39. The molecule has 2 aromatic rings. The summed E-state index contributed by atoms with van der Waals surface area (Å²) in [5, 5.41) is 12.3. The summed E-state index contributed by atoms with van der Waals surface area (Å²) in [7, 11) is 0. The van der Waals surface area contributed by atoms with Crippen LogP contribution in [0, 0.1) is 30.3 Å². The van der Waals surface area contributed by atoms with Gasteiger partial charge in [-0.3, -0.25) is 4.79 Å². The number of nitriles is 1. The van der Waals surface area contributed by atoms with Crippen LogP contribution in [-0.2, 0) is 0 Å². The minimum absolute atomic E-state index is 0.126. The molecule has 0 saturated heterocycles. The van der Waals surface area contributed by atoms with E-state index in [2.05, 4.69) is 15.3 Å². The Morgan fingerprint density at radius 3 is 2.75 bits per heavy atom. The molecule has 1 aliphatic carbocycles. The van der Waals surface area contributed by atoms with E-state index in [1.165, 1.54) is 0 Å². The highest BCUT2D eigenvalue weighted by atomic mass is 32.1. The predicted molar refractivity (Wildman–Crippen MR) is 83.9 cm³/mol. The molecule has 0 radical (unpaired) electrons. The van der Waals surface area contributed by atoms with Crippen molar-refractivity contribution in [3.63, 3.8) is 0 Å². The predicted octanol–water partition coefficient (Wildman–Crippen LogP) is 3.03. The Morgan fingerprint density at radius 2 is 2.17 bits per heavy atom. The van der Waals surface area contributed by atoms with E-state index in [4.69, 9.17) is 0 Å². The molecule has 2 aromatic heterocycles. The Morgan fingerprint density at radius 1 is 1.42 bits per heavy atom. The first-order chi connectivity index (χ1) is 11.5. The molecule has 3 rings (SSSR count). The number of amides is 1. The molecule has 0 bridgehead atoms. The first-order valence-electron chi connectivity index (χ1n) is 7.30. The van der Waals surface area contributed by atoms with Gasteiger partial charge in [0.1, 0.15) is 11.4 Å². The molecule has 0 atom stereocenters. The summed E-state index contributed by atoms with van der Waals surface area (Å²) >= 11 is 1.08. The number of nitrogens with one attached hydrogen (secondary N) is 1. The van der Waals surface area contributed by atoms with Gasteiger partial charge in [-0.2, -0.15) is 19.0 Å². The van der Waals surface area contributed by atoms with E-state index in [-0.39, 0.29) is 28.5 Å². The van der Waals surface area contributed by atoms with Gasteiger partial charge in [-0.1, -0.05) is 0 Å². The lowest BCUT2D eigenvalue weighted by Gasteiger charge is -2.26. The lowest BCUT2D eigenvalue weighted by molar-refractivity contribution is 0.0912. The van der Waals surface area contributed by atoms with Gasteiger partial charge in [0, 0.05) is 10.9 Å². The maximum absolute atomic E-state index is 13.8. The topological polar surface area (TPSA) is 81.9 Å². The monoisotopic (exact) mass is 349 g/mol. The quantitative estimate of drug-likeness (QED) is 0.521. The summed E-state index contributed by atoms with van der Waals surface area (Å²) in [5.41, 5.74) is -0.0174. The third-order valence-corrected chi connectivity index (χ3v) is 4.72. The molecule has 1 aliphatic rings. The van der Waals surface area contributed by atoms with Crippen LogP contribution < -0.4 is 10.2 Å². The molecule has 1 N–H and O–H groups in total. The fourth-order valence-electron chi connectivity index (χ4n) is 2.27. The van der Waals surface area contributed by atoms with Crippen molar-refractivity contribution < 1.29 is 13.6 Å². The molecule has 24 heavy (non-hydrogen) atoms. The smallest absolute Gasteiger partial charge is 0.271 e. The van der Waals surface area contributed by atoms with Crippen LogP contribution in [0.5, 0.6) is 0 Å².